The van der Waals surface area contributed by atoms with Crippen LogP contribution in [-0.2, 0) is 0 Å². The number of benzene rings is 1. The maximum Gasteiger partial charge on any atom is 0.0584 e. The molecule has 14 heavy (non-hydrogen) atoms. The quantitative estimate of drug-likeness (QED) is 0.823. The van der Waals surface area contributed by atoms with Crippen LogP contribution >= 0.6 is 22.9 Å². The molecule has 0 fully saturated rings. The molecular formula is C11H12ClNS. The predicted octanol–water partition coefficient (Wildman–Crippen LogP) is 3.96. The van der Waals surface area contributed by atoms with Gasteiger partial charge in [0.05, 0.1) is 9.72 Å². The third-order valence-corrected chi connectivity index (χ3v) is 4.06. The maximum absolute atomic E-state index is 6.09. The van der Waals surface area contributed by atoms with Gasteiger partial charge in [-0.2, -0.15) is 0 Å². The molecule has 0 aliphatic rings. The highest BCUT2D eigenvalue weighted by Crippen LogP contribution is 2.34. The minimum Gasteiger partial charge on any atom is -0.323 e. The minimum absolute atomic E-state index is 0.142. The molecule has 0 bridgehead atoms. The summed E-state index contributed by atoms with van der Waals surface area (Å²) in [6.07, 6.45) is 0.963. The number of halogens is 1. The van der Waals surface area contributed by atoms with Crippen LogP contribution < -0.4 is 5.73 Å². The van der Waals surface area contributed by atoms with Crippen LogP contribution in [0.5, 0.6) is 0 Å². The van der Waals surface area contributed by atoms with Crippen molar-refractivity contribution in [2.24, 2.45) is 5.73 Å². The largest absolute Gasteiger partial charge is 0.323 e. The van der Waals surface area contributed by atoms with E-state index in [2.05, 4.69) is 19.1 Å². The third-order valence-electron chi connectivity index (χ3n) is 2.32. The van der Waals surface area contributed by atoms with E-state index < -0.39 is 0 Å². The molecule has 0 saturated carbocycles. The first-order valence-electron chi connectivity index (χ1n) is 4.66. The molecule has 0 spiro atoms. The summed E-state index contributed by atoms with van der Waals surface area (Å²) in [6, 6.07) is 8.24. The first kappa shape index (κ1) is 9.97. The standard InChI is InChI=1S/C11H12ClNS/c1-2-9(13)10-6-7-4-3-5-8(12)11(7)14-10/h3-6,9H,2,13H2,1H3/t9-/m0/s1. The molecule has 2 rings (SSSR count). The SMILES string of the molecule is CC[C@H](N)c1cc2cccc(Cl)c2s1. The van der Waals surface area contributed by atoms with E-state index in [1.165, 1.54) is 10.3 Å². The van der Waals surface area contributed by atoms with E-state index in [-0.39, 0.29) is 6.04 Å². The summed E-state index contributed by atoms with van der Waals surface area (Å²) in [5.41, 5.74) is 5.98. The summed E-state index contributed by atoms with van der Waals surface area (Å²) in [4.78, 5) is 1.22. The van der Waals surface area contributed by atoms with E-state index in [0.29, 0.717) is 0 Å². The van der Waals surface area contributed by atoms with Gasteiger partial charge in [0.15, 0.2) is 0 Å². The van der Waals surface area contributed by atoms with Gasteiger partial charge in [-0.1, -0.05) is 30.7 Å². The Balaban J connectivity index is 2.56. The zero-order valence-electron chi connectivity index (χ0n) is 7.96. The van der Waals surface area contributed by atoms with Crippen molar-refractivity contribution in [1.82, 2.24) is 0 Å². The molecule has 0 unspecified atom stereocenters. The van der Waals surface area contributed by atoms with Crippen LogP contribution in [0.2, 0.25) is 5.02 Å². The second-order valence-electron chi connectivity index (χ2n) is 3.32. The number of nitrogens with two attached hydrogens (primary N) is 1. The summed E-state index contributed by atoms with van der Waals surface area (Å²) in [5.74, 6) is 0. The van der Waals surface area contributed by atoms with Crippen LogP contribution in [0.25, 0.3) is 10.1 Å². The minimum atomic E-state index is 0.142. The molecule has 0 aliphatic carbocycles. The van der Waals surface area contributed by atoms with Crippen LogP contribution in [0, 0.1) is 0 Å². The van der Waals surface area contributed by atoms with Gasteiger partial charge in [0.2, 0.25) is 0 Å². The molecule has 2 N–H and O–H groups in total. The number of thiophene rings is 1. The van der Waals surface area contributed by atoms with Gasteiger partial charge in [-0.15, -0.1) is 11.3 Å². The molecule has 1 nitrogen and oxygen atoms in total. The normalized spacial score (nSPS) is 13.4. The molecule has 1 heterocycles. The van der Waals surface area contributed by atoms with Crippen LogP contribution in [0.3, 0.4) is 0 Å². The van der Waals surface area contributed by atoms with Crippen molar-refractivity contribution in [2.45, 2.75) is 19.4 Å². The van der Waals surface area contributed by atoms with Gasteiger partial charge >= 0.3 is 0 Å². The molecule has 1 atom stereocenters. The number of hydrogen-bond acceptors (Lipinski definition) is 2. The van der Waals surface area contributed by atoms with Gasteiger partial charge in [0.25, 0.3) is 0 Å². The molecule has 0 amide bonds. The van der Waals surface area contributed by atoms with Crippen molar-refractivity contribution in [2.75, 3.05) is 0 Å². The Bertz CT molecular complexity index is 449. The van der Waals surface area contributed by atoms with Crippen molar-refractivity contribution in [3.8, 4) is 0 Å². The molecule has 1 aromatic heterocycles. The highest BCUT2D eigenvalue weighted by molar-refractivity contribution is 7.19. The first-order chi connectivity index (χ1) is 6.72. The molecule has 74 valence electrons. The molecule has 0 saturated heterocycles. The lowest BCUT2D eigenvalue weighted by Gasteiger charge is -2.03. The Morgan fingerprint density at radius 3 is 2.93 bits per heavy atom. The Kier molecular flexibility index (Phi) is 2.77. The molecule has 0 radical (unpaired) electrons. The molecule has 2 aromatic rings. The van der Waals surface area contributed by atoms with Gasteiger partial charge in [-0.3, -0.25) is 0 Å². The van der Waals surface area contributed by atoms with Crippen LogP contribution in [0.15, 0.2) is 24.3 Å². The average Bonchev–Trinajstić information content (AvgIpc) is 2.62. The lowest BCUT2D eigenvalue weighted by atomic mass is 10.2. The van der Waals surface area contributed by atoms with Crippen molar-refractivity contribution < 1.29 is 0 Å². The maximum atomic E-state index is 6.09. The summed E-state index contributed by atoms with van der Waals surface area (Å²) in [5, 5.41) is 2.02. The fourth-order valence-corrected chi connectivity index (χ4v) is 2.88. The monoisotopic (exact) mass is 225 g/mol. The van der Waals surface area contributed by atoms with Crippen LogP contribution in [0.1, 0.15) is 24.3 Å². The lowest BCUT2D eigenvalue weighted by molar-refractivity contribution is 0.712. The van der Waals surface area contributed by atoms with Crippen molar-refractivity contribution in [1.29, 1.82) is 0 Å². The summed E-state index contributed by atoms with van der Waals surface area (Å²) in [6.45, 7) is 2.09. The second-order valence-corrected chi connectivity index (χ2v) is 4.81. The van der Waals surface area contributed by atoms with E-state index >= 15 is 0 Å². The highest BCUT2D eigenvalue weighted by Gasteiger charge is 2.09. The van der Waals surface area contributed by atoms with Crippen molar-refractivity contribution in [3.63, 3.8) is 0 Å². The van der Waals surface area contributed by atoms with Crippen molar-refractivity contribution >= 4 is 33.0 Å². The fourth-order valence-electron chi connectivity index (χ4n) is 1.43. The topological polar surface area (TPSA) is 26.0 Å². The molecule has 1 aromatic carbocycles. The van der Waals surface area contributed by atoms with Crippen molar-refractivity contribution in [3.05, 3.63) is 34.2 Å². The molecule has 0 aliphatic heterocycles. The van der Waals surface area contributed by atoms with E-state index in [9.17, 15) is 0 Å². The Morgan fingerprint density at radius 1 is 1.50 bits per heavy atom. The predicted molar refractivity (Wildman–Crippen MR) is 64.1 cm³/mol. The fraction of sp³-hybridized carbons (Fsp3) is 0.273. The van der Waals surface area contributed by atoms with Gasteiger partial charge in [-0.25, -0.2) is 0 Å². The van der Waals surface area contributed by atoms with Gasteiger partial charge in [-0.05, 0) is 23.9 Å². The Morgan fingerprint density at radius 2 is 2.29 bits per heavy atom. The highest BCUT2D eigenvalue weighted by atomic mass is 35.5. The van der Waals surface area contributed by atoms with E-state index in [1.54, 1.807) is 11.3 Å². The van der Waals surface area contributed by atoms with E-state index in [0.717, 1.165) is 16.1 Å². The number of hydrogen-bond donors (Lipinski definition) is 1. The van der Waals surface area contributed by atoms with Gasteiger partial charge in [0.1, 0.15) is 0 Å². The summed E-state index contributed by atoms with van der Waals surface area (Å²) < 4.78 is 1.15. The second kappa shape index (κ2) is 3.89. The summed E-state index contributed by atoms with van der Waals surface area (Å²) in [7, 11) is 0. The first-order valence-corrected chi connectivity index (χ1v) is 5.85. The average molecular weight is 226 g/mol. The van der Waals surface area contributed by atoms with Crippen LogP contribution in [0.4, 0.5) is 0 Å². The van der Waals surface area contributed by atoms with Gasteiger partial charge < -0.3 is 5.73 Å². The Labute approximate surface area is 92.5 Å². The lowest BCUT2D eigenvalue weighted by Crippen LogP contribution is -2.05. The van der Waals surface area contributed by atoms with E-state index in [1.807, 2.05) is 12.1 Å². The number of fused-ring (bicyclic) bond motifs is 1. The summed E-state index contributed by atoms with van der Waals surface area (Å²) >= 11 is 7.79. The zero-order valence-corrected chi connectivity index (χ0v) is 9.53. The van der Waals surface area contributed by atoms with E-state index in [4.69, 9.17) is 17.3 Å². The Hall–Kier alpha value is -0.570. The zero-order chi connectivity index (χ0) is 10.1. The third kappa shape index (κ3) is 1.65. The number of rotatable bonds is 2. The smallest absolute Gasteiger partial charge is 0.0584 e. The molecular weight excluding hydrogens is 214 g/mol. The van der Waals surface area contributed by atoms with Gasteiger partial charge in [0, 0.05) is 10.9 Å². The van der Waals surface area contributed by atoms with Crippen LogP contribution in [-0.4, -0.2) is 0 Å². The molecule has 3 heteroatoms.